The third-order valence-electron chi connectivity index (χ3n) is 6.98. The lowest BCUT2D eigenvalue weighted by Gasteiger charge is -2.23. The number of hydrogen-bond acceptors (Lipinski definition) is 8. The monoisotopic (exact) mass is 582 g/mol. The minimum atomic E-state index is -0.958. The highest BCUT2D eigenvalue weighted by Crippen LogP contribution is 2.44. The molecule has 5 rings (SSSR count). The summed E-state index contributed by atoms with van der Waals surface area (Å²) in [6.07, 6.45) is 0. The zero-order valence-electron chi connectivity index (χ0n) is 23.7. The molecule has 9 heteroatoms. The normalized spacial score (nSPS) is 16.1. The number of carbonyl (C=O) groups excluding carboxylic acids is 3. The number of benzene rings is 3. The minimum Gasteiger partial charge on any atom is -0.507 e. The van der Waals surface area contributed by atoms with Crippen LogP contribution in [0.15, 0.2) is 78.4 Å². The van der Waals surface area contributed by atoms with Crippen molar-refractivity contribution in [3.8, 4) is 5.75 Å². The number of esters is 1. The zero-order valence-corrected chi connectivity index (χ0v) is 24.5. The van der Waals surface area contributed by atoms with Crippen LogP contribution in [0, 0.1) is 20.8 Å². The first kappa shape index (κ1) is 28.8. The number of ether oxygens (including phenoxy) is 2. The van der Waals surface area contributed by atoms with E-state index in [0.29, 0.717) is 29.2 Å². The molecular formula is C33H30N2O6S. The van der Waals surface area contributed by atoms with Gasteiger partial charge in [0.2, 0.25) is 0 Å². The summed E-state index contributed by atoms with van der Waals surface area (Å²) in [6, 6.07) is 21.3. The Labute approximate surface area is 247 Å². The molecule has 1 fully saturated rings. The number of hydrogen-bond donors (Lipinski definition) is 1. The number of amides is 1. The molecule has 1 aliphatic heterocycles. The summed E-state index contributed by atoms with van der Waals surface area (Å²) in [4.78, 5) is 45.5. The Balaban J connectivity index is 1.56. The number of aryl methyl sites for hydroxylation is 3. The fraction of sp³-hybridized carbons (Fsp3) is 0.212. The van der Waals surface area contributed by atoms with E-state index < -0.39 is 23.7 Å². The Morgan fingerprint density at radius 2 is 1.71 bits per heavy atom. The van der Waals surface area contributed by atoms with E-state index in [0.717, 1.165) is 28.0 Å². The molecule has 1 amide bonds. The van der Waals surface area contributed by atoms with Crippen LogP contribution in [0.4, 0.5) is 5.13 Å². The summed E-state index contributed by atoms with van der Waals surface area (Å²) >= 11 is 0.976. The number of nitrogens with zero attached hydrogens (tertiary/aromatic N) is 2. The van der Waals surface area contributed by atoms with Crippen LogP contribution in [0.5, 0.6) is 5.75 Å². The van der Waals surface area contributed by atoms with Crippen molar-refractivity contribution in [3.63, 3.8) is 0 Å². The maximum Gasteiger partial charge on any atom is 0.350 e. The third-order valence-corrected chi connectivity index (χ3v) is 8.11. The molecule has 0 spiro atoms. The minimum absolute atomic E-state index is 0.0632. The van der Waals surface area contributed by atoms with Crippen LogP contribution in [-0.4, -0.2) is 34.4 Å². The second kappa shape index (κ2) is 12.0. The van der Waals surface area contributed by atoms with Gasteiger partial charge in [-0.3, -0.25) is 14.5 Å². The highest BCUT2D eigenvalue weighted by Gasteiger charge is 2.48. The van der Waals surface area contributed by atoms with E-state index in [4.69, 9.17) is 9.47 Å². The van der Waals surface area contributed by atoms with Gasteiger partial charge in [0.25, 0.3) is 5.78 Å². The standard InChI is InChI=1S/C33H30N2O6S/c1-5-40-32(39)30-21(4)34-33(42-30)35-27(23-13-11-19(2)12-14-23)26(29(37)31(35)38)28(36)24-15-16-25(20(3)17-24)41-18-22-9-7-6-8-10-22/h6-17,27,36H,5,18H2,1-4H3/b28-26+. The predicted molar refractivity (Wildman–Crippen MR) is 161 cm³/mol. The summed E-state index contributed by atoms with van der Waals surface area (Å²) in [5.74, 6) is -1.91. The molecule has 0 aliphatic carbocycles. The number of anilines is 1. The zero-order chi connectivity index (χ0) is 30.0. The smallest absolute Gasteiger partial charge is 0.350 e. The Morgan fingerprint density at radius 1 is 1.00 bits per heavy atom. The molecule has 0 bridgehead atoms. The summed E-state index contributed by atoms with van der Waals surface area (Å²) in [7, 11) is 0. The first-order chi connectivity index (χ1) is 20.2. The quantitative estimate of drug-likeness (QED) is 0.110. The molecular weight excluding hydrogens is 552 g/mol. The van der Waals surface area contributed by atoms with Crippen LogP contribution in [0.3, 0.4) is 0 Å². The Morgan fingerprint density at radius 3 is 2.38 bits per heavy atom. The summed E-state index contributed by atoms with van der Waals surface area (Å²) in [5.41, 5.74) is 4.08. The maximum absolute atomic E-state index is 13.5. The Bertz CT molecular complexity index is 1690. The number of thiazole rings is 1. The van der Waals surface area contributed by atoms with Gasteiger partial charge in [0.05, 0.1) is 23.9 Å². The van der Waals surface area contributed by atoms with E-state index in [2.05, 4.69) is 4.98 Å². The first-order valence-corrected chi connectivity index (χ1v) is 14.3. The molecule has 1 aliphatic rings. The molecule has 0 saturated carbocycles. The lowest BCUT2D eigenvalue weighted by Crippen LogP contribution is -2.29. The average Bonchev–Trinajstić information content (AvgIpc) is 3.49. The molecule has 1 atom stereocenters. The second-order valence-electron chi connectivity index (χ2n) is 9.97. The van der Waals surface area contributed by atoms with Gasteiger partial charge in [0, 0.05) is 5.56 Å². The van der Waals surface area contributed by atoms with Gasteiger partial charge < -0.3 is 14.6 Å². The van der Waals surface area contributed by atoms with Gasteiger partial charge in [-0.15, -0.1) is 0 Å². The van der Waals surface area contributed by atoms with Crippen molar-refractivity contribution in [3.05, 3.63) is 117 Å². The number of aromatic nitrogens is 1. The van der Waals surface area contributed by atoms with E-state index in [1.807, 2.05) is 68.4 Å². The fourth-order valence-corrected chi connectivity index (χ4v) is 5.80. The van der Waals surface area contributed by atoms with Gasteiger partial charge in [-0.05, 0) is 62.6 Å². The number of aliphatic hydroxyl groups excluding tert-OH is 1. The predicted octanol–water partition coefficient (Wildman–Crippen LogP) is 6.45. The lowest BCUT2D eigenvalue weighted by molar-refractivity contribution is -0.132. The number of Topliss-reactive ketones (excluding diaryl/α,β-unsaturated/α-hetero) is 1. The lowest BCUT2D eigenvalue weighted by atomic mass is 9.94. The molecule has 1 N–H and O–H groups in total. The maximum atomic E-state index is 13.5. The van der Waals surface area contributed by atoms with Crippen LogP contribution in [0.1, 0.15) is 56.1 Å². The Kier molecular flexibility index (Phi) is 8.22. The van der Waals surface area contributed by atoms with Gasteiger partial charge in [-0.2, -0.15) is 0 Å². The van der Waals surface area contributed by atoms with Crippen LogP contribution in [0.25, 0.3) is 5.76 Å². The number of rotatable bonds is 8. The number of ketones is 1. The average molecular weight is 583 g/mol. The molecule has 2 heterocycles. The highest BCUT2D eigenvalue weighted by molar-refractivity contribution is 7.17. The van der Waals surface area contributed by atoms with Gasteiger partial charge in [-0.1, -0.05) is 71.5 Å². The van der Waals surface area contributed by atoms with Gasteiger partial charge in [0.1, 0.15) is 23.0 Å². The van der Waals surface area contributed by atoms with Crippen molar-refractivity contribution in [1.29, 1.82) is 0 Å². The van der Waals surface area contributed by atoms with Crippen LogP contribution >= 0.6 is 11.3 Å². The summed E-state index contributed by atoms with van der Waals surface area (Å²) in [6.45, 7) is 7.70. The van der Waals surface area contributed by atoms with Crippen molar-refractivity contribution >= 4 is 39.9 Å². The topological polar surface area (TPSA) is 106 Å². The fourth-order valence-electron chi connectivity index (χ4n) is 4.81. The molecule has 1 saturated heterocycles. The van der Waals surface area contributed by atoms with Crippen molar-refractivity contribution in [2.75, 3.05) is 11.5 Å². The molecule has 1 aromatic heterocycles. The molecule has 1 unspecified atom stereocenters. The van der Waals surface area contributed by atoms with E-state index >= 15 is 0 Å². The first-order valence-electron chi connectivity index (χ1n) is 13.5. The molecule has 4 aromatic rings. The number of carbonyl (C=O) groups is 3. The second-order valence-corrected chi connectivity index (χ2v) is 10.9. The Hall–Kier alpha value is -4.76. The highest BCUT2D eigenvalue weighted by atomic mass is 32.1. The number of aliphatic hydroxyl groups is 1. The molecule has 42 heavy (non-hydrogen) atoms. The molecule has 214 valence electrons. The molecule has 8 nitrogen and oxygen atoms in total. The summed E-state index contributed by atoms with van der Waals surface area (Å²) in [5, 5.41) is 11.7. The SMILES string of the molecule is CCOC(=O)c1sc(N2C(=O)C(=O)/C(=C(/O)c3ccc(OCc4ccccc4)c(C)c3)C2c2ccc(C)cc2)nc1C. The van der Waals surface area contributed by atoms with Gasteiger partial charge in [0.15, 0.2) is 5.13 Å². The summed E-state index contributed by atoms with van der Waals surface area (Å²) < 4.78 is 11.1. The third kappa shape index (κ3) is 5.56. The van der Waals surface area contributed by atoms with Crippen molar-refractivity contribution in [1.82, 2.24) is 4.98 Å². The van der Waals surface area contributed by atoms with E-state index in [-0.39, 0.29) is 27.9 Å². The molecule has 0 radical (unpaired) electrons. The van der Waals surface area contributed by atoms with E-state index in [1.165, 1.54) is 4.90 Å². The van der Waals surface area contributed by atoms with E-state index in [9.17, 15) is 19.5 Å². The van der Waals surface area contributed by atoms with Gasteiger partial charge >= 0.3 is 11.9 Å². The van der Waals surface area contributed by atoms with Crippen LogP contribution in [0.2, 0.25) is 0 Å². The van der Waals surface area contributed by atoms with Crippen molar-refractivity contribution in [2.45, 2.75) is 40.3 Å². The van der Waals surface area contributed by atoms with Crippen LogP contribution in [-0.2, 0) is 20.9 Å². The molecule has 3 aromatic carbocycles. The van der Waals surface area contributed by atoms with Crippen molar-refractivity contribution in [2.24, 2.45) is 0 Å². The van der Waals surface area contributed by atoms with Gasteiger partial charge in [-0.25, -0.2) is 9.78 Å². The van der Waals surface area contributed by atoms with E-state index in [1.54, 1.807) is 32.0 Å². The van der Waals surface area contributed by atoms with Crippen molar-refractivity contribution < 1.29 is 29.0 Å². The largest absolute Gasteiger partial charge is 0.507 e. The van der Waals surface area contributed by atoms with Crippen LogP contribution < -0.4 is 9.64 Å².